The number of para-hydroxylation sites is 1. The van der Waals surface area contributed by atoms with Crippen LogP contribution in [0, 0.1) is 0 Å². The van der Waals surface area contributed by atoms with Gasteiger partial charge in [0.2, 0.25) is 0 Å². The normalized spacial score (nSPS) is 14.9. The first-order chi connectivity index (χ1) is 19.4. The molecule has 0 spiro atoms. The van der Waals surface area contributed by atoms with Gasteiger partial charge in [-0.05, 0) is 47.4 Å². The Bertz CT molecular complexity index is 1830. The first-order valence-electron chi connectivity index (χ1n) is 13.6. The van der Waals surface area contributed by atoms with E-state index in [1.165, 1.54) is 21.9 Å². The molecular weight excluding hydrogens is 496 g/mol. The van der Waals surface area contributed by atoms with Gasteiger partial charge in [0.15, 0.2) is 11.6 Å². The number of hydrogen-bond acceptors (Lipinski definition) is 6. The molecule has 0 saturated carbocycles. The fourth-order valence-corrected chi connectivity index (χ4v) is 5.58. The van der Waals surface area contributed by atoms with Crippen molar-refractivity contribution >= 4 is 44.9 Å². The molecule has 3 aromatic carbocycles. The Morgan fingerprint density at radius 3 is 2.45 bits per heavy atom. The van der Waals surface area contributed by atoms with E-state index in [1.807, 2.05) is 7.05 Å². The number of anilines is 3. The number of aromatic nitrogens is 3. The summed E-state index contributed by atoms with van der Waals surface area (Å²) in [6.07, 6.45) is 9.83. The maximum atomic E-state index is 6.63. The number of nitrogens with zero attached hydrogens (tertiary/aromatic N) is 5. The van der Waals surface area contributed by atoms with Crippen molar-refractivity contribution in [2.45, 2.75) is 26.2 Å². The number of benzene rings is 3. The fraction of sp³-hybridized carbons (Fsp3) is 0.212. The predicted octanol–water partition coefficient (Wildman–Crippen LogP) is 7.18. The molecule has 7 nitrogen and oxygen atoms in total. The van der Waals surface area contributed by atoms with Gasteiger partial charge in [0.25, 0.3) is 0 Å². The molecule has 0 atom stereocenters. The quantitative estimate of drug-likeness (QED) is 0.267. The third-order valence-electron chi connectivity index (χ3n) is 7.61. The van der Waals surface area contributed by atoms with Crippen LogP contribution in [0.3, 0.4) is 0 Å². The molecule has 0 amide bonds. The highest BCUT2D eigenvalue weighted by atomic mass is 16.5. The lowest BCUT2D eigenvalue weighted by atomic mass is 9.86. The Morgan fingerprint density at radius 2 is 1.65 bits per heavy atom. The Labute approximate surface area is 234 Å². The summed E-state index contributed by atoms with van der Waals surface area (Å²) >= 11 is 0. The Kier molecular flexibility index (Phi) is 5.56. The van der Waals surface area contributed by atoms with E-state index >= 15 is 0 Å². The largest absolute Gasteiger partial charge is 0.457 e. The number of nitrogens with one attached hydrogen (secondary N) is 1. The van der Waals surface area contributed by atoms with Crippen molar-refractivity contribution in [1.29, 1.82) is 0 Å². The number of rotatable bonds is 4. The van der Waals surface area contributed by atoms with E-state index in [0.29, 0.717) is 6.67 Å². The molecule has 2 aromatic heterocycles. The number of allylic oxidation sites excluding steroid dienone is 2. The zero-order valence-corrected chi connectivity index (χ0v) is 23.2. The van der Waals surface area contributed by atoms with Crippen LogP contribution in [-0.2, 0) is 5.41 Å². The lowest BCUT2D eigenvalue weighted by Gasteiger charge is -2.25. The van der Waals surface area contributed by atoms with Crippen molar-refractivity contribution in [1.82, 2.24) is 19.9 Å². The van der Waals surface area contributed by atoms with Crippen LogP contribution in [-0.4, -0.2) is 34.8 Å². The minimum atomic E-state index is -0.0615. The summed E-state index contributed by atoms with van der Waals surface area (Å²) in [5.74, 6) is 4.38. The van der Waals surface area contributed by atoms with E-state index < -0.39 is 0 Å². The van der Waals surface area contributed by atoms with Crippen LogP contribution in [0.4, 0.5) is 17.3 Å². The van der Waals surface area contributed by atoms with Gasteiger partial charge in [-0.15, -0.1) is 0 Å². The van der Waals surface area contributed by atoms with Crippen LogP contribution in [0.2, 0.25) is 0 Å². The molecule has 0 aliphatic carbocycles. The maximum Gasteiger partial charge on any atom is 0.178 e. The number of ether oxygens (including phenoxy) is 1. The van der Waals surface area contributed by atoms with E-state index in [1.54, 1.807) is 12.4 Å². The molecule has 0 unspecified atom stereocenters. The average molecular weight is 529 g/mol. The molecule has 0 fully saturated rings. The van der Waals surface area contributed by atoms with Gasteiger partial charge in [0, 0.05) is 54.6 Å². The Balaban J connectivity index is 1.33. The second kappa shape index (κ2) is 9.16. The van der Waals surface area contributed by atoms with Crippen molar-refractivity contribution in [3.63, 3.8) is 0 Å². The van der Waals surface area contributed by atoms with Crippen LogP contribution in [0.25, 0.3) is 27.6 Å². The molecule has 40 heavy (non-hydrogen) atoms. The number of hydrogen-bond donors (Lipinski definition) is 1. The predicted molar refractivity (Wildman–Crippen MR) is 164 cm³/mol. The van der Waals surface area contributed by atoms with Gasteiger partial charge in [0.1, 0.15) is 17.3 Å². The second-order valence-electron chi connectivity index (χ2n) is 11.4. The molecule has 0 radical (unpaired) electrons. The summed E-state index contributed by atoms with van der Waals surface area (Å²) in [4.78, 5) is 13.5. The summed E-state index contributed by atoms with van der Waals surface area (Å²) in [7, 11) is 2.04. The van der Waals surface area contributed by atoms with E-state index in [-0.39, 0.29) is 5.41 Å². The SMILES string of the molecule is CN1CN(c2cc(Oc3ccc4c5ccccc5n(C5=CC=CCN5)c4c3)cc(C(C)(C)C)c2)c2nccnc21. The monoisotopic (exact) mass is 528 g/mol. The minimum absolute atomic E-state index is 0.0615. The summed E-state index contributed by atoms with van der Waals surface area (Å²) in [5.41, 5.74) is 4.43. The van der Waals surface area contributed by atoms with E-state index in [2.05, 4.69) is 129 Å². The van der Waals surface area contributed by atoms with E-state index in [9.17, 15) is 0 Å². The molecule has 5 aromatic rings. The molecule has 7 heteroatoms. The minimum Gasteiger partial charge on any atom is -0.457 e. The Morgan fingerprint density at radius 1 is 0.850 bits per heavy atom. The lowest BCUT2D eigenvalue weighted by molar-refractivity contribution is 0.479. The Hall–Kier alpha value is -4.78. The summed E-state index contributed by atoms with van der Waals surface area (Å²) < 4.78 is 8.92. The van der Waals surface area contributed by atoms with Crippen molar-refractivity contribution in [2.24, 2.45) is 0 Å². The smallest absolute Gasteiger partial charge is 0.178 e. The van der Waals surface area contributed by atoms with Crippen molar-refractivity contribution < 1.29 is 4.74 Å². The lowest BCUT2D eigenvalue weighted by Crippen LogP contribution is -2.25. The summed E-state index contributed by atoms with van der Waals surface area (Å²) in [6, 6.07) is 21.4. The maximum absolute atomic E-state index is 6.63. The average Bonchev–Trinajstić information content (AvgIpc) is 3.47. The van der Waals surface area contributed by atoms with Crippen molar-refractivity contribution in [3.8, 4) is 11.5 Å². The molecule has 2 aliphatic rings. The van der Waals surface area contributed by atoms with Gasteiger partial charge < -0.3 is 19.9 Å². The summed E-state index contributed by atoms with van der Waals surface area (Å²) in [5, 5.41) is 5.94. The molecule has 200 valence electrons. The highest BCUT2D eigenvalue weighted by molar-refractivity contribution is 6.10. The standard InChI is InChI=1S/C33H32N6O/c1-33(2,3)22-17-23(38-21-37(4)31-32(38)36-16-15-35-31)19-25(18-22)40-24-12-13-27-26-9-5-6-10-28(26)39(29(27)20-24)30-11-7-8-14-34-30/h5-13,15-20,34H,14,21H2,1-4H3. The van der Waals surface area contributed by atoms with Crippen molar-refractivity contribution in [3.05, 3.63) is 96.8 Å². The van der Waals surface area contributed by atoms with Crippen LogP contribution in [0.1, 0.15) is 26.3 Å². The first-order valence-corrected chi connectivity index (χ1v) is 13.6. The molecular formula is C33H32N6O. The number of dihydropyridines is 1. The van der Waals surface area contributed by atoms with Crippen LogP contribution in [0.15, 0.2) is 91.3 Å². The molecule has 0 saturated heterocycles. The van der Waals surface area contributed by atoms with Crippen LogP contribution < -0.4 is 19.9 Å². The second-order valence-corrected chi connectivity index (χ2v) is 11.4. The highest BCUT2D eigenvalue weighted by Gasteiger charge is 2.28. The summed E-state index contributed by atoms with van der Waals surface area (Å²) in [6.45, 7) is 8.16. The van der Waals surface area contributed by atoms with Gasteiger partial charge >= 0.3 is 0 Å². The number of fused-ring (bicyclic) bond motifs is 4. The topological polar surface area (TPSA) is 58.5 Å². The zero-order chi connectivity index (χ0) is 27.4. The van der Waals surface area contributed by atoms with Crippen molar-refractivity contribution in [2.75, 3.05) is 30.1 Å². The van der Waals surface area contributed by atoms with Gasteiger partial charge in [-0.25, -0.2) is 9.97 Å². The van der Waals surface area contributed by atoms with E-state index in [4.69, 9.17) is 4.74 Å². The zero-order valence-electron chi connectivity index (χ0n) is 23.2. The molecule has 4 heterocycles. The van der Waals surface area contributed by atoms with Gasteiger partial charge in [-0.2, -0.15) is 0 Å². The van der Waals surface area contributed by atoms with Gasteiger partial charge in [-0.1, -0.05) is 51.1 Å². The third kappa shape index (κ3) is 4.06. The molecule has 7 rings (SSSR count). The van der Waals surface area contributed by atoms with Crippen LogP contribution in [0.5, 0.6) is 11.5 Å². The first kappa shape index (κ1) is 24.3. The molecule has 0 bridgehead atoms. The third-order valence-corrected chi connectivity index (χ3v) is 7.61. The molecule has 2 aliphatic heterocycles. The highest BCUT2D eigenvalue weighted by Crippen LogP contribution is 2.41. The van der Waals surface area contributed by atoms with Gasteiger partial charge in [-0.3, -0.25) is 4.57 Å². The fourth-order valence-electron chi connectivity index (χ4n) is 5.58. The van der Waals surface area contributed by atoms with Gasteiger partial charge in [0.05, 0.1) is 17.7 Å². The molecule has 1 N–H and O–H groups in total. The van der Waals surface area contributed by atoms with Crippen LogP contribution >= 0.6 is 0 Å². The van der Waals surface area contributed by atoms with E-state index in [0.717, 1.165) is 46.7 Å².